The van der Waals surface area contributed by atoms with Crippen molar-refractivity contribution < 1.29 is 4.79 Å². The molecule has 2 rings (SSSR count). The Morgan fingerprint density at radius 1 is 1.32 bits per heavy atom. The van der Waals surface area contributed by atoms with Gasteiger partial charge in [-0.15, -0.1) is 0 Å². The lowest BCUT2D eigenvalue weighted by Crippen LogP contribution is -2.39. The van der Waals surface area contributed by atoms with E-state index in [9.17, 15) is 4.79 Å². The Bertz CT molecular complexity index is 531. The minimum absolute atomic E-state index is 0.115. The van der Waals surface area contributed by atoms with Crippen molar-refractivity contribution in [3.8, 4) is 11.3 Å². The lowest BCUT2D eigenvalue weighted by atomic mass is 10.0. The molecule has 0 fully saturated rings. The van der Waals surface area contributed by atoms with Crippen molar-refractivity contribution in [1.82, 2.24) is 9.97 Å². The molecule has 1 aromatic heterocycles. The molecule has 1 atom stereocenters. The van der Waals surface area contributed by atoms with Crippen molar-refractivity contribution in [3.05, 3.63) is 36.8 Å². The van der Waals surface area contributed by atoms with Crippen LogP contribution in [0.15, 0.2) is 36.8 Å². The van der Waals surface area contributed by atoms with Gasteiger partial charge in [-0.2, -0.15) is 0 Å². The van der Waals surface area contributed by atoms with Crippen LogP contribution in [0.25, 0.3) is 11.3 Å². The van der Waals surface area contributed by atoms with Crippen molar-refractivity contribution in [2.24, 2.45) is 11.7 Å². The smallest absolute Gasteiger partial charge is 0.241 e. The molecule has 1 amide bonds. The first-order valence-electron chi connectivity index (χ1n) is 6.23. The molecule has 0 aliphatic carbocycles. The summed E-state index contributed by atoms with van der Waals surface area (Å²) in [5.41, 5.74) is 8.49. The third-order valence-electron chi connectivity index (χ3n) is 2.98. The molecular formula is C14H18N4O. The van der Waals surface area contributed by atoms with Crippen molar-refractivity contribution in [1.29, 1.82) is 0 Å². The van der Waals surface area contributed by atoms with E-state index in [1.807, 2.05) is 38.1 Å². The van der Waals surface area contributed by atoms with Gasteiger partial charge >= 0.3 is 0 Å². The Morgan fingerprint density at radius 3 is 2.53 bits per heavy atom. The highest BCUT2D eigenvalue weighted by Crippen LogP contribution is 2.18. The molecular weight excluding hydrogens is 240 g/mol. The predicted octanol–water partition coefficient (Wildman–Crippen LogP) is 2.00. The molecule has 100 valence electrons. The minimum atomic E-state index is -0.493. The average molecular weight is 258 g/mol. The van der Waals surface area contributed by atoms with Gasteiger partial charge in [-0.1, -0.05) is 26.0 Å². The van der Waals surface area contributed by atoms with Gasteiger partial charge in [-0.3, -0.25) is 4.79 Å². The molecule has 4 N–H and O–H groups in total. The fraction of sp³-hybridized carbons (Fsp3) is 0.286. The topological polar surface area (TPSA) is 83.8 Å². The van der Waals surface area contributed by atoms with Crippen LogP contribution in [-0.4, -0.2) is 21.9 Å². The number of nitrogens with two attached hydrogens (primary N) is 1. The van der Waals surface area contributed by atoms with Gasteiger partial charge in [-0.25, -0.2) is 4.98 Å². The second-order valence-corrected chi connectivity index (χ2v) is 4.80. The highest BCUT2D eigenvalue weighted by atomic mass is 16.2. The Labute approximate surface area is 112 Å². The Balaban J connectivity index is 2.05. The monoisotopic (exact) mass is 258 g/mol. The molecule has 0 saturated carbocycles. The van der Waals surface area contributed by atoms with Crippen LogP contribution in [0.4, 0.5) is 5.69 Å². The van der Waals surface area contributed by atoms with E-state index in [1.165, 1.54) is 0 Å². The molecule has 5 heteroatoms. The summed E-state index contributed by atoms with van der Waals surface area (Å²) in [4.78, 5) is 18.8. The molecule has 1 aromatic carbocycles. The van der Waals surface area contributed by atoms with Crippen LogP contribution in [0.5, 0.6) is 0 Å². The largest absolute Gasteiger partial charge is 0.345 e. The Kier molecular flexibility index (Phi) is 3.97. The molecule has 2 aromatic rings. The van der Waals surface area contributed by atoms with Crippen LogP contribution >= 0.6 is 0 Å². The molecule has 19 heavy (non-hydrogen) atoms. The number of hydrogen-bond donors (Lipinski definition) is 3. The summed E-state index contributed by atoms with van der Waals surface area (Å²) in [6, 6.07) is 7.04. The number of carbonyl (C=O) groups excluding carboxylic acids is 1. The lowest BCUT2D eigenvalue weighted by Gasteiger charge is -2.15. The number of hydrogen-bond acceptors (Lipinski definition) is 3. The number of rotatable bonds is 4. The first kappa shape index (κ1) is 13.3. The number of benzene rings is 1. The molecule has 5 nitrogen and oxygen atoms in total. The van der Waals surface area contributed by atoms with E-state index in [1.54, 1.807) is 12.5 Å². The number of nitrogens with one attached hydrogen (secondary N) is 2. The second kappa shape index (κ2) is 5.67. The molecule has 0 unspecified atom stereocenters. The lowest BCUT2D eigenvalue weighted by molar-refractivity contribution is -0.118. The standard InChI is InChI=1S/C14H18N4O/c1-9(2)13(15)14(19)18-11-5-3-10(4-6-11)12-7-16-8-17-12/h3-9,13H,15H2,1-2H3,(H,16,17)(H,18,19)/t13-/m0/s1. The van der Waals surface area contributed by atoms with Gasteiger partial charge in [0.25, 0.3) is 0 Å². The van der Waals surface area contributed by atoms with Crippen molar-refractivity contribution in [2.75, 3.05) is 5.32 Å². The first-order valence-corrected chi connectivity index (χ1v) is 6.23. The number of imidazole rings is 1. The summed E-state index contributed by atoms with van der Waals surface area (Å²) in [6.45, 7) is 3.84. The summed E-state index contributed by atoms with van der Waals surface area (Å²) in [7, 11) is 0. The third kappa shape index (κ3) is 3.20. The van der Waals surface area contributed by atoms with Gasteiger partial charge in [-0.05, 0) is 23.6 Å². The summed E-state index contributed by atoms with van der Waals surface area (Å²) in [6.07, 6.45) is 3.38. The first-order chi connectivity index (χ1) is 9.08. The molecule has 0 radical (unpaired) electrons. The van der Waals surface area contributed by atoms with Gasteiger partial charge in [0, 0.05) is 5.69 Å². The van der Waals surface area contributed by atoms with Gasteiger partial charge < -0.3 is 16.0 Å². The van der Waals surface area contributed by atoms with E-state index in [-0.39, 0.29) is 11.8 Å². The molecule has 0 bridgehead atoms. The van der Waals surface area contributed by atoms with Crippen molar-refractivity contribution in [2.45, 2.75) is 19.9 Å². The van der Waals surface area contributed by atoms with E-state index < -0.39 is 6.04 Å². The summed E-state index contributed by atoms with van der Waals surface area (Å²) in [5.74, 6) is -0.0476. The molecule has 0 aliphatic rings. The number of amides is 1. The Morgan fingerprint density at radius 2 is 2.00 bits per heavy atom. The van der Waals surface area contributed by atoms with Crippen LogP contribution in [0, 0.1) is 5.92 Å². The van der Waals surface area contributed by atoms with Crippen LogP contribution < -0.4 is 11.1 Å². The van der Waals surface area contributed by atoms with Gasteiger partial charge in [0.15, 0.2) is 0 Å². The zero-order chi connectivity index (χ0) is 13.8. The number of aromatic nitrogens is 2. The normalized spacial score (nSPS) is 12.4. The molecule has 0 aliphatic heterocycles. The van der Waals surface area contributed by atoms with E-state index in [0.29, 0.717) is 0 Å². The quantitative estimate of drug-likeness (QED) is 0.784. The minimum Gasteiger partial charge on any atom is -0.345 e. The summed E-state index contributed by atoms with van der Waals surface area (Å²) < 4.78 is 0. The highest BCUT2D eigenvalue weighted by Gasteiger charge is 2.16. The van der Waals surface area contributed by atoms with Crippen LogP contribution in [0.1, 0.15) is 13.8 Å². The van der Waals surface area contributed by atoms with Crippen molar-refractivity contribution in [3.63, 3.8) is 0 Å². The predicted molar refractivity (Wildman–Crippen MR) is 75.5 cm³/mol. The summed E-state index contributed by atoms with van der Waals surface area (Å²) >= 11 is 0. The maximum absolute atomic E-state index is 11.8. The Hall–Kier alpha value is -2.14. The van der Waals surface area contributed by atoms with Crippen LogP contribution in [0.3, 0.4) is 0 Å². The molecule has 0 saturated heterocycles. The SMILES string of the molecule is CC(C)[C@H](N)C(=O)Nc1ccc(-c2cnc[nH]2)cc1. The number of H-pyrrole nitrogens is 1. The number of nitrogens with zero attached hydrogens (tertiary/aromatic N) is 1. The van der Waals surface area contributed by atoms with E-state index >= 15 is 0 Å². The fourth-order valence-electron chi connectivity index (χ4n) is 1.68. The van der Waals surface area contributed by atoms with E-state index in [4.69, 9.17) is 5.73 Å². The summed E-state index contributed by atoms with van der Waals surface area (Å²) in [5, 5.41) is 2.81. The maximum atomic E-state index is 11.8. The zero-order valence-corrected chi connectivity index (χ0v) is 11.1. The zero-order valence-electron chi connectivity index (χ0n) is 11.1. The highest BCUT2D eigenvalue weighted by molar-refractivity contribution is 5.95. The number of aromatic amines is 1. The maximum Gasteiger partial charge on any atom is 0.241 e. The second-order valence-electron chi connectivity index (χ2n) is 4.80. The number of carbonyl (C=O) groups is 1. The van der Waals surface area contributed by atoms with E-state index in [2.05, 4.69) is 15.3 Å². The molecule has 0 spiro atoms. The molecule has 1 heterocycles. The van der Waals surface area contributed by atoms with Crippen LogP contribution in [-0.2, 0) is 4.79 Å². The van der Waals surface area contributed by atoms with Gasteiger partial charge in [0.05, 0.1) is 24.3 Å². The fourth-order valence-corrected chi connectivity index (χ4v) is 1.68. The third-order valence-corrected chi connectivity index (χ3v) is 2.98. The van der Waals surface area contributed by atoms with Gasteiger partial charge in [0.1, 0.15) is 0 Å². The number of anilines is 1. The average Bonchev–Trinajstić information content (AvgIpc) is 2.92. The van der Waals surface area contributed by atoms with Gasteiger partial charge in [0.2, 0.25) is 5.91 Å². The van der Waals surface area contributed by atoms with Crippen molar-refractivity contribution >= 4 is 11.6 Å². The van der Waals surface area contributed by atoms with E-state index in [0.717, 1.165) is 16.9 Å². The van der Waals surface area contributed by atoms with Crippen LogP contribution in [0.2, 0.25) is 0 Å².